The van der Waals surface area contributed by atoms with Crippen LogP contribution in [0.4, 0.5) is 0 Å². The highest BCUT2D eigenvalue weighted by molar-refractivity contribution is 5.79. The van der Waals surface area contributed by atoms with Crippen LogP contribution >= 0.6 is 0 Å². The predicted molar refractivity (Wildman–Crippen MR) is 80.5 cm³/mol. The zero-order valence-corrected chi connectivity index (χ0v) is 13.7. The Labute approximate surface area is 136 Å². The van der Waals surface area contributed by atoms with Crippen LogP contribution < -0.4 is 0 Å². The molecule has 0 unspecified atom stereocenters. The topological polar surface area (TPSA) is 116 Å². The first kappa shape index (κ1) is 18.8. The molecule has 1 aliphatic carbocycles. The molecule has 1 saturated carbocycles. The van der Waals surface area contributed by atoms with E-state index in [-0.39, 0.29) is 17.8 Å². The van der Waals surface area contributed by atoms with Gasteiger partial charge in [-0.2, -0.15) is 0 Å². The quantitative estimate of drug-likeness (QED) is 0.517. The van der Waals surface area contributed by atoms with Gasteiger partial charge in [-0.15, -0.1) is 0 Å². The molecule has 23 heavy (non-hydrogen) atoms. The fourth-order valence-electron chi connectivity index (χ4n) is 3.33. The van der Waals surface area contributed by atoms with Crippen LogP contribution in [0, 0.1) is 11.3 Å². The highest BCUT2D eigenvalue weighted by Crippen LogP contribution is 2.36. The zero-order chi connectivity index (χ0) is 17.2. The fourth-order valence-corrected chi connectivity index (χ4v) is 3.33. The molecule has 134 valence electrons. The first-order valence-corrected chi connectivity index (χ1v) is 8.19. The molecular weight excluding hydrogens is 304 g/mol. The smallest absolute Gasteiger partial charge is 0.186 e. The van der Waals surface area contributed by atoms with Gasteiger partial charge in [0.1, 0.15) is 30.2 Å². The maximum absolute atomic E-state index is 12.0. The van der Waals surface area contributed by atoms with Crippen molar-refractivity contribution in [3.63, 3.8) is 0 Å². The normalized spacial score (nSPS) is 45.7. The SMILES string of the molecule is C[C@@H]1CC[C@@](C)(CO[C@@H]2O[C@H](CO)[C@@H](O)[C@H](O)[C@H]2O)CC(=O)C1. The van der Waals surface area contributed by atoms with E-state index in [4.69, 9.17) is 9.47 Å². The number of ketones is 1. The van der Waals surface area contributed by atoms with Crippen molar-refractivity contribution in [3.05, 3.63) is 0 Å². The Morgan fingerprint density at radius 2 is 1.96 bits per heavy atom. The molecule has 7 heteroatoms. The second kappa shape index (κ2) is 7.55. The van der Waals surface area contributed by atoms with Crippen molar-refractivity contribution in [1.29, 1.82) is 0 Å². The third-order valence-corrected chi connectivity index (χ3v) is 4.89. The molecule has 1 saturated heterocycles. The molecule has 0 radical (unpaired) electrons. The van der Waals surface area contributed by atoms with Gasteiger partial charge in [0.25, 0.3) is 0 Å². The Kier molecular flexibility index (Phi) is 6.16. The van der Waals surface area contributed by atoms with E-state index in [1.807, 2.05) is 6.92 Å². The third kappa shape index (κ3) is 4.49. The van der Waals surface area contributed by atoms with Crippen LogP contribution in [0.25, 0.3) is 0 Å². The number of carbonyl (C=O) groups excluding carboxylic acids is 1. The van der Waals surface area contributed by atoms with E-state index < -0.39 is 37.3 Å². The predicted octanol–water partition coefficient (Wildman–Crippen LogP) is -0.412. The standard InChI is InChI=1S/C16H28O7/c1-9-3-4-16(2,6-10(18)5-9)8-22-15-14(21)13(20)12(19)11(7-17)23-15/h9,11-15,17,19-21H,3-8H2,1-2H3/t9-,11-,12-,13+,14-,15-,16-/m1/s1. The Morgan fingerprint density at radius 3 is 2.61 bits per heavy atom. The summed E-state index contributed by atoms with van der Waals surface area (Å²) in [5.74, 6) is 0.562. The summed E-state index contributed by atoms with van der Waals surface area (Å²) in [4.78, 5) is 12.0. The molecule has 1 aliphatic heterocycles. The maximum Gasteiger partial charge on any atom is 0.186 e. The van der Waals surface area contributed by atoms with E-state index in [2.05, 4.69) is 6.92 Å². The second-order valence-corrected chi connectivity index (χ2v) is 7.38. The van der Waals surface area contributed by atoms with Gasteiger partial charge in [-0.3, -0.25) is 4.79 Å². The van der Waals surface area contributed by atoms with Gasteiger partial charge in [-0.05, 0) is 24.2 Å². The Balaban J connectivity index is 1.97. The summed E-state index contributed by atoms with van der Waals surface area (Å²) in [7, 11) is 0. The Bertz CT molecular complexity index is 413. The maximum atomic E-state index is 12.0. The third-order valence-electron chi connectivity index (χ3n) is 4.89. The molecule has 0 spiro atoms. The molecule has 0 aromatic carbocycles. The van der Waals surface area contributed by atoms with Gasteiger partial charge in [0.2, 0.25) is 0 Å². The average Bonchev–Trinajstić information content (AvgIpc) is 2.62. The van der Waals surface area contributed by atoms with Gasteiger partial charge in [0, 0.05) is 12.8 Å². The summed E-state index contributed by atoms with van der Waals surface area (Å²) in [6.45, 7) is 3.74. The number of hydrogen-bond acceptors (Lipinski definition) is 7. The van der Waals surface area contributed by atoms with Crippen LogP contribution in [0.3, 0.4) is 0 Å². The lowest BCUT2D eigenvalue weighted by Gasteiger charge is -2.41. The van der Waals surface area contributed by atoms with Crippen LogP contribution in [-0.4, -0.2) is 70.1 Å². The summed E-state index contributed by atoms with van der Waals surface area (Å²) >= 11 is 0. The Morgan fingerprint density at radius 1 is 1.26 bits per heavy atom. The van der Waals surface area contributed by atoms with Crippen molar-refractivity contribution in [2.75, 3.05) is 13.2 Å². The number of carbonyl (C=O) groups is 1. The summed E-state index contributed by atoms with van der Waals surface area (Å²) in [6.07, 6.45) is -3.63. The summed E-state index contributed by atoms with van der Waals surface area (Å²) in [5.41, 5.74) is -0.347. The number of aliphatic hydroxyl groups excluding tert-OH is 4. The van der Waals surface area contributed by atoms with Crippen molar-refractivity contribution in [2.45, 2.75) is 70.2 Å². The van der Waals surface area contributed by atoms with E-state index in [0.29, 0.717) is 18.8 Å². The average molecular weight is 332 g/mol. The molecule has 2 aliphatic rings. The van der Waals surface area contributed by atoms with Crippen molar-refractivity contribution in [3.8, 4) is 0 Å². The summed E-state index contributed by atoms with van der Waals surface area (Å²) < 4.78 is 10.9. The first-order valence-electron chi connectivity index (χ1n) is 8.19. The van der Waals surface area contributed by atoms with Gasteiger partial charge in [-0.25, -0.2) is 0 Å². The number of aliphatic hydroxyl groups is 4. The molecule has 0 aromatic heterocycles. The number of rotatable bonds is 4. The van der Waals surface area contributed by atoms with Gasteiger partial charge >= 0.3 is 0 Å². The van der Waals surface area contributed by atoms with Crippen molar-refractivity contribution in [2.24, 2.45) is 11.3 Å². The summed E-state index contributed by atoms with van der Waals surface area (Å²) in [6, 6.07) is 0. The number of hydrogen-bond donors (Lipinski definition) is 4. The van der Waals surface area contributed by atoms with Gasteiger partial charge < -0.3 is 29.9 Å². The van der Waals surface area contributed by atoms with Gasteiger partial charge in [0.05, 0.1) is 13.2 Å². The summed E-state index contributed by atoms with van der Waals surface area (Å²) in [5, 5.41) is 38.7. The van der Waals surface area contributed by atoms with Crippen LogP contribution in [0.15, 0.2) is 0 Å². The molecule has 2 fully saturated rings. The van der Waals surface area contributed by atoms with Crippen LogP contribution in [0.1, 0.15) is 39.5 Å². The zero-order valence-electron chi connectivity index (χ0n) is 13.7. The molecular formula is C16H28O7. The lowest BCUT2D eigenvalue weighted by molar-refractivity contribution is -0.306. The van der Waals surface area contributed by atoms with Gasteiger partial charge in [0.15, 0.2) is 6.29 Å². The van der Waals surface area contributed by atoms with Gasteiger partial charge in [-0.1, -0.05) is 13.8 Å². The highest BCUT2D eigenvalue weighted by atomic mass is 16.7. The molecule has 0 aromatic rings. The lowest BCUT2D eigenvalue weighted by atomic mass is 9.83. The molecule has 7 nitrogen and oxygen atoms in total. The van der Waals surface area contributed by atoms with E-state index in [0.717, 1.165) is 12.8 Å². The van der Waals surface area contributed by atoms with Crippen molar-refractivity contribution in [1.82, 2.24) is 0 Å². The lowest BCUT2D eigenvalue weighted by Crippen LogP contribution is -2.59. The molecule has 0 bridgehead atoms. The molecule has 4 N–H and O–H groups in total. The fraction of sp³-hybridized carbons (Fsp3) is 0.938. The minimum absolute atomic E-state index is 0.203. The van der Waals surface area contributed by atoms with E-state index >= 15 is 0 Å². The first-order chi connectivity index (χ1) is 10.8. The molecule has 1 heterocycles. The van der Waals surface area contributed by atoms with E-state index in [9.17, 15) is 25.2 Å². The highest BCUT2D eigenvalue weighted by Gasteiger charge is 2.45. The Hall–Kier alpha value is -0.570. The van der Waals surface area contributed by atoms with E-state index in [1.54, 1.807) is 0 Å². The van der Waals surface area contributed by atoms with Crippen molar-refractivity contribution >= 4 is 5.78 Å². The van der Waals surface area contributed by atoms with Crippen LogP contribution in [-0.2, 0) is 14.3 Å². The number of Topliss-reactive ketones (excluding diaryl/α,β-unsaturated/α-hetero) is 1. The van der Waals surface area contributed by atoms with Crippen molar-refractivity contribution < 1.29 is 34.7 Å². The largest absolute Gasteiger partial charge is 0.394 e. The van der Waals surface area contributed by atoms with E-state index in [1.165, 1.54) is 0 Å². The second-order valence-electron chi connectivity index (χ2n) is 7.38. The molecule has 2 rings (SSSR count). The minimum atomic E-state index is -1.45. The minimum Gasteiger partial charge on any atom is -0.394 e. The van der Waals surface area contributed by atoms with Crippen LogP contribution in [0.2, 0.25) is 0 Å². The monoisotopic (exact) mass is 332 g/mol. The van der Waals surface area contributed by atoms with Crippen LogP contribution in [0.5, 0.6) is 0 Å². The molecule has 0 amide bonds. The number of ether oxygens (including phenoxy) is 2. The molecule has 7 atom stereocenters.